The lowest BCUT2D eigenvalue weighted by atomic mass is 10.2. The normalized spacial score (nSPS) is 11.3. The van der Waals surface area contributed by atoms with E-state index in [0.29, 0.717) is 17.6 Å². The molecule has 0 aliphatic heterocycles. The number of rotatable bonds is 6. The predicted octanol–water partition coefficient (Wildman–Crippen LogP) is 2.77. The van der Waals surface area contributed by atoms with Crippen LogP contribution in [0, 0.1) is 23.1 Å². The van der Waals surface area contributed by atoms with Crippen molar-refractivity contribution in [2.24, 2.45) is 7.05 Å². The Morgan fingerprint density at radius 1 is 1.08 bits per heavy atom. The Balaban J connectivity index is 1.44. The molecule has 13 nitrogen and oxygen atoms in total. The molecule has 4 aromatic heterocycles. The summed E-state index contributed by atoms with van der Waals surface area (Å²) in [5.41, 5.74) is 0.742. The number of halogens is 2. The van der Waals surface area contributed by atoms with E-state index in [1.54, 1.807) is 12.1 Å². The van der Waals surface area contributed by atoms with Crippen molar-refractivity contribution in [1.82, 2.24) is 34.9 Å². The Morgan fingerprint density at radius 3 is 2.51 bits per heavy atom. The molecule has 2 amide bonds. The number of ether oxygens (including phenoxy) is 1. The minimum Gasteiger partial charge on any atom is -0.441 e. The Hall–Kier alpha value is -5.39. The molecule has 2 N–H and O–H groups in total. The molecule has 0 aliphatic rings. The van der Waals surface area contributed by atoms with Gasteiger partial charge in [-0.3, -0.25) is 15.1 Å². The number of aryl methyl sites for hydroxylation is 1. The van der Waals surface area contributed by atoms with Crippen LogP contribution in [0.4, 0.5) is 25.1 Å². The molecule has 0 saturated heterocycles. The SMILES string of the molecule is C[C@@H](OC(=O)Nc1c(-c2ccc(NC(=O)c3cnc(C#N)nc3)cn2)nnn1C)c1cc(F)cnc1F. The molecule has 0 bridgehead atoms. The van der Waals surface area contributed by atoms with E-state index in [1.165, 1.54) is 43.3 Å². The average molecular weight is 506 g/mol. The van der Waals surface area contributed by atoms with Gasteiger partial charge in [0.05, 0.1) is 34.9 Å². The van der Waals surface area contributed by atoms with Crippen LogP contribution in [-0.4, -0.2) is 46.9 Å². The van der Waals surface area contributed by atoms with E-state index in [-0.39, 0.29) is 28.5 Å². The molecule has 4 heterocycles. The summed E-state index contributed by atoms with van der Waals surface area (Å²) in [5.74, 6) is -2.20. The average Bonchev–Trinajstić information content (AvgIpc) is 3.25. The van der Waals surface area contributed by atoms with E-state index in [1.807, 2.05) is 0 Å². The Kier molecular flexibility index (Phi) is 7.00. The summed E-state index contributed by atoms with van der Waals surface area (Å²) in [5, 5.41) is 21.7. The first-order valence-electron chi connectivity index (χ1n) is 10.4. The van der Waals surface area contributed by atoms with E-state index in [9.17, 15) is 18.4 Å². The number of hydrogen-bond donors (Lipinski definition) is 2. The summed E-state index contributed by atoms with van der Waals surface area (Å²) in [7, 11) is 1.51. The summed E-state index contributed by atoms with van der Waals surface area (Å²) < 4.78 is 33.7. The maximum Gasteiger partial charge on any atom is 0.413 e. The van der Waals surface area contributed by atoms with E-state index in [4.69, 9.17) is 10.00 Å². The maximum atomic E-state index is 13.9. The van der Waals surface area contributed by atoms with Gasteiger partial charge in [-0.05, 0) is 25.1 Å². The monoisotopic (exact) mass is 506 g/mol. The lowest BCUT2D eigenvalue weighted by molar-refractivity contribution is 0.102. The molecule has 15 heteroatoms. The molecule has 186 valence electrons. The minimum absolute atomic E-state index is 0.0626. The number of carbonyl (C=O) groups is 2. The second kappa shape index (κ2) is 10.5. The van der Waals surface area contributed by atoms with Gasteiger partial charge in [-0.2, -0.15) is 9.65 Å². The number of carbonyl (C=O) groups excluding carboxylic acids is 2. The third-order valence-electron chi connectivity index (χ3n) is 4.88. The molecule has 0 fully saturated rings. The van der Waals surface area contributed by atoms with Crippen LogP contribution in [0.5, 0.6) is 0 Å². The van der Waals surface area contributed by atoms with Gasteiger partial charge in [-0.15, -0.1) is 5.10 Å². The van der Waals surface area contributed by atoms with Crippen LogP contribution in [-0.2, 0) is 11.8 Å². The van der Waals surface area contributed by atoms with Gasteiger partial charge in [-0.25, -0.2) is 28.8 Å². The van der Waals surface area contributed by atoms with Crippen LogP contribution in [0.15, 0.2) is 43.0 Å². The van der Waals surface area contributed by atoms with Crippen molar-refractivity contribution in [3.63, 3.8) is 0 Å². The summed E-state index contributed by atoms with van der Waals surface area (Å²) in [6.07, 6.45) is 2.39. The number of amides is 2. The van der Waals surface area contributed by atoms with Crippen molar-refractivity contribution in [2.75, 3.05) is 10.6 Å². The third kappa shape index (κ3) is 5.65. The summed E-state index contributed by atoms with van der Waals surface area (Å²) in [6, 6.07) is 5.72. The standard InChI is InChI=1S/C22H16F2N10O3/c1-11(15-5-13(23)9-29-19(15)24)37-22(36)31-20-18(32-33-34(20)2)16-4-3-14(10-26-16)30-21(35)12-7-27-17(6-25)28-8-12/h3-5,7-11H,1-2H3,(H,30,35)(H,31,36)/t11-/m1/s1. The van der Waals surface area contributed by atoms with Crippen LogP contribution in [0.2, 0.25) is 0 Å². The van der Waals surface area contributed by atoms with E-state index in [2.05, 4.69) is 40.9 Å². The molecular formula is C22H16F2N10O3. The number of nitriles is 1. The fourth-order valence-corrected chi connectivity index (χ4v) is 3.06. The highest BCUT2D eigenvalue weighted by Crippen LogP contribution is 2.26. The molecule has 0 aliphatic carbocycles. The highest BCUT2D eigenvalue weighted by atomic mass is 19.1. The van der Waals surface area contributed by atoms with Gasteiger partial charge < -0.3 is 10.1 Å². The molecule has 4 aromatic rings. The topological polar surface area (TPSA) is 173 Å². The molecule has 0 unspecified atom stereocenters. The van der Waals surface area contributed by atoms with Gasteiger partial charge in [0.15, 0.2) is 11.5 Å². The molecule has 0 radical (unpaired) electrons. The van der Waals surface area contributed by atoms with Crippen molar-refractivity contribution in [3.05, 3.63) is 71.7 Å². The summed E-state index contributed by atoms with van der Waals surface area (Å²) in [6.45, 7) is 1.36. The zero-order valence-corrected chi connectivity index (χ0v) is 19.2. The quantitative estimate of drug-likeness (QED) is 0.370. The second-order valence-electron chi connectivity index (χ2n) is 7.41. The molecular weight excluding hydrogens is 490 g/mol. The van der Waals surface area contributed by atoms with Crippen molar-refractivity contribution >= 4 is 23.5 Å². The van der Waals surface area contributed by atoms with E-state index < -0.39 is 29.9 Å². The molecule has 0 saturated carbocycles. The highest BCUT2D eigenvalue weighted by molar-refractivity contribution is 6.03. The molecule has 0 aromatic carbocycles. The van der Waals surface area contributed by atoms with Crippen LogP contribution in [0.1, 0.15) is 34.8 Å². The Morgan fingerprint density at radius 2 is 1.84 bits per heavy atom. The fraction of sp³-hybridized carbons (Fsp3) is 0.136. The third-order valence-corrected chi connectivity index (χ3v) is 4.88. The number of nitrogens with zero attached hydrogens (tertiary/aromatic N) is 8. The van der Waals surface area contributed by atoms with Crippen LogP contribution >= 0.6 is 0 Å². The summed E-state index contributed by atoms with van der Waals surface area (Å²) >= 11 is 0. The molecule has 1 atom stereocenters. The van der Waals surface area contributed by atoms with Crippen molar-refractivity contribution in [3.8, 4) is 17.5 Å². The second-order valence-corrected chi connectivity index (χ2v) is 7.41. The first kappa shape index (κ1) is 24.7. The number of anilines is 2. The van der Waals surface area contributed by atoms with Gasteiger partial charge in [0.25, 0.3) is 5.91 Å². The number of pyridine rings is 2. The zero-order valence-electron chi connectivity index (χ0n) is 19.2. The van der Waals surface area contributed by atoms with Crippen molar-refractivity contribution in [1.29, 1.82) is 5.26 Å². The van der Waals surface area contributed by atoms with Gasteiger partial charge in [0.1, 0.15) is 18.0 Å². The lowest BCUT2D eigenvalue weighted by Gasteiger charge is -2.15. The lowest BCUT2D eigenvalue weighted by Crippen LogP contribution is -2.19. The Labute approximate surface area is 207 Å². The fourth-order valence-electron chi connectivity index (χ4n) is 3.06. The van der Waals surface area contributed by atoms with Gasteiger partial charge in [-0.1, -0.05) is 5.21 Å². The minimum atomic E-state index is -1.14. The van der Waals surface area contributed by atoms with Gasteiger partial charge in [0, 0.05) is 19.4 Å². The van der Waals surface area contributed by atoms with E-state index >= 15 is 0 Å². The number of hydrogen-bond acceptors (Lipinski definition) is 10. The summed E-state index contributed by atoms with van der Waals surface area (Å²) in [4.78, 5) is 39.8. The Bertz CT molecular complexity index is 1500. The molecule has 4 rings (SSSR count). The first-order chi connectivity index (χ1) is 17.7. The van der Waals surface area contributed by atoms with Gasteiger partial charge in [0.2, 0.25) is 11.8 Å². The van der Waals surface area contributed by atoms with Crippen LogP contribution < -0.4 is 10.6 Å². The number of aromatic nitrogens is 7. The van der Waals surface area contributed by atoms with Gasteiger partial charge >= 0.3 is 6.09 Å². The number of nitrogens with one attached hydrogen (secondary N) is 2. The molecule has 0 spiro atoms. The molecule has 37 heavy (non-hydrogen) atoms. The zero-order chi connectivity index (χ0) is 26.5. The smallest absolute Gasteiger partial charge is 0.413 e. The van der Waals surface area contributed by atoms with Crippen molar-refractivity contribution in [2.45, 2.75) is 13.0 Å². The highest BCUT2D eigenvalue weighted by Gasteiger charge is 2.21. The predicted molar refractivity (Wildman–Crippen MR) is 122 cm³/mol. The van der Waals surface area contributed by atoms with Crippen LogP contribution in [0.3, 0.4) is 0 Å². The van der Waals surface area contributed by atoms with E-state index in [0.717, 1.165) is 6.07 Å². The van der Waals surface area contributed by atoms with Crippen molar-refractivity contribution < 1.29 is 23.1 Å². The largest absolute Gasteiger partial charge is 0.441 e. The first-order valence-corrected chi connectivity index (χ1v) is 10.4. The maximum absolute atomic E-state index is 13.9. The van der Waals surface area contributed by atoms with Crippen LogP contribution in [0.25, 0.3) is 11.4 Å².